The van der Waals surface area contributed by atoms with Gasteiger partial charge < -0.3 is 44.4 Å². The molecule has 0 saturated carbocycles. The maximum Gasteiger partial charge on any atom is 0.407 e. The summed E-state index contributed by atoms with van der Waals surface area (Å²) in [4.78, 5) is 70.5. The topological polar surface area (TPSA) is 177 Å². The van der Waals surface area contributed by atoms with Crippen molar-refractivity contribution in [2.75, 3.05) is 27.4 Å². The summed E-state index contributed by atoms with van der Waals surface area (Å²) in [7, 11) is 2.62. The molecule has 15 nitrogen and oxygen atoms in total. The minimum absolute atomic E-state index is 0.00139. The van der Waals surface area contributed by atoms with Gasteiger partial charge in [-0.1, -0.05) is 39.0 Å². The number of nitrogens with zero attached hydrogens (tertiary/aromatic N) is 4. The lowest BCUT2D eigenvalue weighted by molar-refractivity contribution is -0.138. The molecule has 5 aliphatic rings. The number of methoxy groups -OCH3 is 2. The van der Waals surface area contributed by atoms with Gasteiger partial charge >= 0.3 is 12.2 Å². The number of hydrogen-bond donors (Lipinski definition) is 3. The number of likely N-dealkylation sites (tertiary alicyclic amines) is 2. The van der Waals surface area contributed by atoms with E-state index in [0.29, 0.717) is 39.1 Å². The second kappa shape index (κ2) is 17.9. The summed E-state index contributed by atoms with van der Waals surface area (Å²) in [5, 5.41) is 7.80. The number of nitrogens with one attached hydrogen (secondary N) is 3. The van der Waals surface area contributed by atoms with E-state index in [2.05, 4.69) is 71.9 Å². The first-order chi connectivity index (χ1) is 31.0. The Morgan fingerprint density at radius 3 is 2.39 bits per heavy atom. The van der Waals surface area contributed by atoms with E-state index in [-0.39, 0.29) is 47.8 Å². The molecule has 3 N–H and O–H groups in total. The van der Waals surface area contributed by atoms with Gasteiger partial charge in [-0.15, -0.1) is 0 Å². The molecule has 0 bridgehead atoms. The van der Waals surface area contributed by atoms with Crippen molar-refractivity contribution in [1.82, 2.24) is 30.4 Å². The van der Waals surface area contributed by atoms with Crippen LogP contribution in [0.3, 0.4) is 0 Å². The van der Waals surface area contributed by atoms with Crippen molar-refractivity contribution in [3.8, 4) is 28.1 Å². The highest BCUT2D eigenvalue weighted by Gasteiger charge is 2.45. The van der Waals surface area contributed by atoms with Crippen LogP contribution in [0.4, 0.5) is 15.3 Å². The molecular formula is C49H59N7O8. The molecule has 64 heavy (non-hydrogen) atoms. The van der Waals surface area contributed by atoms with E-state index < -0.39 is 24.3 Å². The monoisotopic (exact) mass is 873 g/mol. The molecule has 0 unspecified atom stereocenters. The van der Waals surface area contributed by atoms with E-state index in [4.69, 9.17) is 28.9 Å². The van der Waals surface area contributed by atoms with Gasteiger partial charge in [-0.05, 0) is 121 Å². The predicted octanol–water partition coefficient (Wildman–Crippen LogP) is 7.77. The number of aliphatic imine (C=N–C) groups is 1. The zero-order chi connectivity index (χ0) is 44.8. The van der Waals surface area contributed by atoms with Crippen LogP contribution in [0.1, 0.15) is 95.6 Å². The van der Waals surface area contributed by atoms with Crippen LogP contribution in [-0.4, -0.2) is 107 Å². The van der Waals surface area contributed by atoms with Crippen LogP contribution < -0.4 is 15.4 Å². The number of H-pyrrole nitrogens is 1. The fourth-order valence-corrected chi connectivity index (χ4v) is 10.7. The van der Waals surface area contributed by atoms with E-state index in [1.54, 1.807) is 0 Å². The van der Waals surface area contributed by atoms with Gasteiger partial charge in [0.25, 0.3) is 0 Å². The normalized spacial score (nSPS) is 22.6. The van der Waals surface area contributed by atoms with Crippen LogP contribution in [-0.2, 0) is 36.8 Å². The van der Waals surface area contributed by atoms with E-state index >= 15 is 0 Å². The van der Waals surface area contributed by atoms with E-state index in [9.17, 15) is 19.2 Å². The zero-order valence-corrected chi connectivity index (χ0v) is 37.6. The number of carbonyl (C=O) groups is 4. The summed E-state index contributed by atoms with van der Waals surface area (Å²) in [6.07, 6.45) is 6.69. The second-order valence-corrected chi connectivity index (χ2v) is 18.3. The Labute approximate surface area is 373 Å². The molecule has 0 aliphatic carbocycles. The fraction of sp³-hybridized carbons (Fsp3) is 0.510. The Balaban J connectivity index is 0.937. The summed E-state index contributed by atoms with van der Waals surface area (Å²) >= 11 is 0. The maximum atomic E-state index is 14.4. The smallest absolute Gasteiger partial charge is 0.407 e. The molecule has 5 aliphatic heterocycles. The number of amides is 4. The van der Waals surface area contributed by atoms with Crippen molar-refractivity contribution in [2.45, 2.75) is 122 Å². The fourth-order valence-electron chi connectivity index (χ4n) is 10.7. The van der Waals surface area contributed by atoms with Crippen LogP contribution in [0.15, 0.2) is 53.7 Å². The zero-order valence-electron chi connectivity index (χ0n) is 37.6. The molecule has 338 valence electrons. The molecule has 9 rings (SSSR count). The summed E-state index contributed by atoms with van der Waals surface area (Å²) in [6.45, 7) is 9.52. The number of alkyl carbamates (subject to hydrolysis) is 2. The summed E-state index contributed by atoms with van der Waals surface area (Å²) < 4.78 is 21.9. The van der Waals surface area contributed by atoms with Crippen molar-refractivity contribution in [2.24, 2.45) is 16.8 Å². The number of aromatic amines is 1. The van der Waals surface area contributed by atoms with E-state index in [1.165, 1.54) is 14.2 Å². The molecule has 0 radical (unpaired) electrons. The molecular weight excluding hydrogens is 815 g/mol. The Bertz CT molecular complexity index is 2490. The summed E-state index contributed by atoms with van der Waals surface area (Å²) in [5.74, 6) is 1.16. The standard InChI is InChI=1S/C49H59N7O8/c1-7-32-11-15-41(56(32)46(57)43(26(2)3)53-48(59)61-5)45-50-24-39(52-45)30-9-12-33-31(20-30)25-64-42-23-34-29(21-36(33)42)10-13-37-35(34)22-38(51-37)40-14-8-27(4)55(40)47(58)44(54-49(60)62-6)28-16-18-63-19-17-28/h9-10,12-13,20-21,23-24,26-28,32,40-41,43-44H,7-8,11,14-19,22,25H2,1-6H3,(H,50,52)(H,53,59)(H,54,60)/t27-,32-,40-,41-,43-,44-/m0/s1. The van der Waals surface area contributed by atoms with Gasteiger partial charge in [0.1, 0.15) is 30.3 Å². The average molecular weight is 874 g/mol. The minimum Gasteiger partial charge on any atom is -0.488 e. The van der Waals surface area contributed by atoms with Crippen LogP contribution >= 0.6 is 0 Å². The van der Waals surface area contributed by atoms with Crippen LogP contribution in [0.25, 0.3) is 33.2 Å². The molecule has 6 atom stereocenters. The van der Waals surface area contributed by atoms with Gasteiger partial charge in [0.2, 0.25) is 11.8 Å². The Morgan fingerprint density at radius 2 is 1.64 bits per heavy atom. The number of imidazole rings is 1. The number of aromatic nitrogens is 2. The molecule has 6 heterocycles. The number of benzene rings is 3. The summed E-state index contributed by atoms with van der Waals surface area (Å²) in [6, 6.07) is 13.1. The molecule has 3 fully saturated rings. The van der Waals surface area contributed by atoms with Gasteiger partial charge in [-0.3, -0.25) is 14.6 Å². The highest BCUT2D eigenvalue weighted by atomic mass is 16.5. The quantitative estimate of drug-likeness (QED) is 0.144. The third kappa shape index (κ3) is 7.96. The van der Waals surface area contributed by atoms with Crippen molar-refractivity contribution in [1.29, 1.82) is 0 Å². The van der Waals surface area contributed by atoms with Crippen LogP contribution in [0.2, 0.25) is 0 Å². The number of carbonyl (C=O) groups excluding carboxylic acids is 4. The Hall–Kier alpha value is -5.96. The average Bonchev–Trinajstić information content (AvgIpc) is 4.14. The van der Waals surface area contributed by atoms with Crippen molar-refractivity contribution < 1.29 is 38.1 Å². The number of ether oxygens (including phenoxy) is 4. The first kappa shape index (κ1) is 43.3. The lowest BCUT2D eigenvalue weighted by atomic mass is 9.90. The first-order valence-electron chi connectivity index (χ1n) is 22.9. The molecule has 0 spiro atoms. The van der Waals surface area contributed by atoms with Crippen LogP contribution in [0, 0.1) is 11.8 Å². The molecule has 4 amide bonds. The lowest BCUT2D eigenvalue weighted by Crippen LogP contribution is -2.57. The van der Waals surface area contributed by atoms with E-state index in [0.717, 1.165) is 99.4 Å². The van der Waals surface area contributed by atoms with Gasteiger partial charge in [0.05, 0.1) is 43.9 Å². The molecule has 3 aromatic carbocycles. The van der Waals surface area contributed by atoms with Gasteiger partial charge in [0.15, 0.2) is 0 Å². The highest BCUT2D eigenvalue weighted by Crippen LogP contribution is 2.45. The molecule has 15 heteroatoms. The predicted molar refractivity (Wildman–Crippen MR) is 241 cm³/mol. The first-order valence-corrected chi connectivity index (χ1v) is 22.9. The molecule has 4 aromatic rings. The Morgan fingerprint density at radius 1 is 0.875 bits per heavy atom. The SMILES string of the molecule is CC[C@H]1CC[C@@H](c2ncc(-c3ccc4c(c3)COc3cc5c6c(ccc5cc3-4)N=C([C@@H]3CC[C@H](C)N3C(=O)[C@@H](NC(=O)OC)C3CCOCC3)C6)[nH]2)N1C(=O)[C@@H](NC(=O)OC)C(C)C. The van der Waals surface area contributed by atoms with Crippen molar-refractivity contribution in [3.63, 3.8) is 0 Å². The largest absolute Gasteiger partial charge is 0.488 e. The number of rotatable bonds is 10. The van der Waals surface area contributed by atoms with Gasteiger partial charge in [-0.25, -0.2) is 14.6 Å². The molecule has 1 aromatic heterocycles. The van der Waals surface area contributed by atoms with Crippen molar-refractivity contribution >= 4 is 46.2 Å². The van der Waals surface area contributed by atoms with E-state index in [1.807, 2.05) is 29.8 Å². The lowest BCUT2D eigenvalue weighted by Gasteiger charge is -2.36. The van der Waals surface area contributed by atoms with Crippen LogP contribution in [0.5, 0.6) is 5.75 Å². The Kier molecular flexibility index (Phi) is 12.1. The van der Waals surface area contributed by atoms with Crippen molar-refractivity contribution in [3.05, 3.63) is 65.6 Å². The summed E-state index contributed by atoms with van der Waals surface area (Å²) in [5.41, 5.74) is 8.02. The third-order valence-corrected chi connectivity index (χ3v) is 14.2. The minimum atomic E-state index is -0.715. The van der Waals surface area contributed by atoms with Gasteiger partial charge in [0, 0.05) is 43.0 Å². The second-order valence-electron chi connectivity index (χ2n) is 18.3. The number of hydrogen-bond acceptors (Lipinski definition) is 10. The highest BCUT2D eigenvalue weighted by molar-refractivity contribution is 6.06. The maximum absolute atomic E-state index is 14.4. The molecule has 3 saturated heterocycles. The number of fused-ring (bicyclic) bond motifs is 6. The third-order valence-electron chi connectivity index (χ3n) is 14.2. The van der Waals surface area contributed by atoms with Gasteiger partial charge in [-0.2, -0.15) is 0 Å².